The second kappa shape index (κ2) is 4.37. The molecule has 0 radical (unpaired) electrons. The first-order valence-corrected chi connectivity index (χ1v) is 5.76. The molecule has 1 aliphatic rings. The molecule has 0 aliphatic heterocycles. The van der Waals surface area contributed by atoms with E-state index in [2.05, 4.69) is 15.3 Å². The summed E-state index contributed by atoms with van der Waals surface area (Å²) in [7, 11) is 0. The first-order chi connectivity index (χ1) is 7.53. The number of nitrogens with zero attached hydrogens (tertiary/aromatic N) is 2. The van der Waals surface area contributed by atoms with Gasteiger partial charge in [0.15, 0.2) is 0 Å². The Bertz CT molecular complexity index is 338. The number of ether oxygens (including phenoxy) is 1. The number of aromatic nitrogens is 2. The Labute approximate surface area is 96.4 Å². The maximum atomic E-state index is 5.60. The minimum atomic E-state index is -0.220. The zero-order valence-electron chi connectivity index (χ0n) is 10.2. The maximum absolute atomic E-state index is 5.60. The van der Waals surface area contributed by atoms with Gasteiger partial charge in [-0.25, -0.2) is 4.98 Å². The Kier molecular flexibility index (Phi) is 3.10. The van der Waals surface area contributed by atoms with Crippen molar-refractivity contribution >= 4 is 0 Å². The zero-order valence-corrected chi connectivity index (χ0v) is 10.2. The van der Waals surface area contributed by atoms with Crippen molar-refractivity contribution in [3.05, 3.63) is 18.1 Å². The second-order valence-electron chi connectivity index (χ2n) is 5.22. The summed E-state index contributed by atoms with van der Waals surface area (Å²) in [5.41, 5.74) is 0.746. The van der Waals surface area contributed by atoms with Crippen LogP contribution in [-0.4, -0.2) is 21.6 Å². The Hall–Kier alpha value is -1.16. The molecule has 0 bridgehead atoms. The van der Waals surface area contributed by atoms with Gasteiger partial charge in [-0.15, -0.1) is 0 Å². The van der Waals surface area contributed by atoms with Crippen molar-refractivity contribution in [2.45, 2.75) is 51.8 Å². The van der Waals surface area contributed by atoms with E-state index in [1.54, 1.807) is 12.4 Å². The third-order valence-electron chi connectivity index (χ3n) is 2.24. The van der Waals surface area contributed by atoms with Gasteiger partial charge in [-0.05, 0) is 33.6 Å². The lowest BCUT2D eigenvalue weighted by Crippen LogP contribution is -2.24. The maximum Gasteiger partial charge on any atom is 0.232 e. The Morgan fingerprint density at radius 2 is 2.06 bits per heavy atom. The molecule has 0 aromatic carbocycles. The lowest BCUT2D eigenvalue weighted by Gasteiger charge is -2.19. The van der Waals surface area contributed by atoms with Crippen molar-refractivity contribution < 1.29 is 4.74 Å². The van der Waals surface area contributed by atoms with Crippen molar-refractivity contribution in [2.24, 2.45) is 0 Å². The van der Waals surface area contributed by atoms with Crippen LogP contribution in [0.2, 0.25) is 0 Å². The average Bonchev–Trinajstić information content (AvgIpc) is 2.98. The summed E-state index contributed by atoms with van der Waals surface area (Å²) in [6.45, 7) is 6.79. The predicted octanol–water partition coefficient (Wildman–Crippen LogP) is 1.91. The highest BCUT2D eigenvalue weighted by atomic mass is 16.5. The molecule has 88 valence electrons. The van der Waals surface area contributed by atoms with Gasteiger partial charge in [-0.3, -0.25) is 4.98 Å². The standard InChI is InChI=1S/C12H19N3O/c1-12(2,3)16-11-8-14-10(7-15-11)6-13-9-4-5-9/h7-9,13H,4-6H2,1-3H3. The fraction of sp³-hybridized carbons (Fsp3) is 0.667. The van der Waals surface area contributed by atoms with Crippen LogP contribution in [0.5, 0.6) is 5.88 Å². The molecule has 1 aliphatic carbocycles. The summed E-state index contributed by atoms with van der Waals surface area (Å²) in [5.74, 6) is 0.586. The van der Waals surface area contributed by atoms with E-state index in [1.807, 2.05) is 20.8 Å². The van der Waals surface area contributed by atoms with E-state index in [0.29, 0.717) is 11.9 Å². The van der Waals surface area contributed by atoms with Crippen LogP contribution in [0.3, 0.4) is 0 Å². The summed E-state index contributed by atoms with van der Waals surface area (Å²) in [4.78, 5) is 8.55. The van der Waals surface area contributed by atoms with E-state index in [9.17, 15) is 0 Å². The Balaban J connectivity index is 1.87. The van der Waals surface area contributed by atoms with Crippen molar-refractivity contribution in [3.63, 3.8) is 0 Å². The molecule has 2 rings (SSSR count). The van der Waals surface area contributed by atoms with Crippen LogP contribution in [-0.2, 0) is 6.54 Å². The summed E-state index contributed by atoms with van der Waals surface area (Å²) in [6.07, 6.45) is 6.04. The topological polar surface area (TPSA) is 47.0 Å². The zero-order chi connectivity index (χ0) is 11.6. The summed E-state index contributed by atoms with van der Waals surface area (Å²) >= 11 is 0. The van der Waals surface area contributed by atoms with E-state index in [-0.39, 0.29) is 5.60 Å². The number of hydrogen-bond acceptors (Lipinski definition) is 4. The molecule has 1 aromatic rings. The van der Waals surface area contributed by atoms with E-state index in [0.717, 1.165) is 12.2 Å². The van der Waals surface area contributed by atoms with Crippen LogP contribution in [0.4, 0.5) is 0 Å². The van der Waals surface area contributed by atoms with Gasteiger partial charge < -0.3 is 10.1 Å². The molecule has 4 nitrogen and oxygen atoms in total. The Morgan fingerprint density at radius 3 is 2.56 bits per heavy atom. The van der Waals surface area contributed by atoms with Crippen LogP contribution < -0.4 is 10.1 Å². The van der Waals surface area contributed by atoms with Crippen LogP contribution in [0.15, 0.2) is 12.4 Å². The predicted molar refractivity (Wildman–Crippen MR) is 62.3 cm³/mol. The van der Waals surface area contributed by atoms with Crippen molar-refractivity contribution in [2.75, 3.05) is 0 Å². The fourth-order valence-electron chi connectivity index (χ4n) is 1.34. The molecule has 0 amide bonds. The van der Waals surface area contributed by atoms with Gasteiger partial charge in [-0.2, -0.15) is 0 Å². The molecule has 1 N–H and O–H groups in total. The lowest BCUT2D eigenvalue weighted by molar-refractivity contribution is 0.123. The van der Waals surface area contributed by atoms with Gasteiger partial charge >= 0.3 is 0 Å². The molecule has 1 saturated carbocycles. The third kappa shape index (κ3) is 3.77. The van der Waals surface area contributed by atoms with Crippen LogP contribution >= 0.6 is 0 Å². The molecule has 0 unspecified atom stereocenters. The monoisotopic (exact) mass is 221 g/mol. The molecule has 1 aromatic heterocycles. The second-order valence-corrected chi connectivity index (χ2v) is 5.22. The largest absolute Gasteiger partial charge is 0.471 e. The van der Waals surface area contributed by atoms with Crippen LogP contribution in [0.25, 0.3) is 0 Å². The summed E-state index contributed by atoms with van der Waals surface area (Å²) < 4.78 is 5.60. The van der Waals surface area contributed by atoms with E-state index < -0.39 is 0 Å². The molecule has 0 atom stereocenters. The molecule has 4 heteroatoms. The highest BCUT2D eigenvalue weighted by molar-refractivity contribution is 5.08. The highest BCUT2D eigenvalue weighted by Crippen LogP contribution is 2.19. The summed E-state index contributed by atoms with van der Waals surface area (Å²) in [6, 6.07) is 0.701. The molecular weight excluding hydrogens is 202 g/mol. The SMILES string of the molecule is CC(C)(C)Oc1cnc(CNC2CC2)cn1. The van der Waals surface area contributed by atoms with Crippen molar-refractivity contribution in [1.82, 2.24) is 15.3 Å². The third-order valence-corrected chi connectivity index (χ3v) is 2.24. The van der Waals surface area contributed by atoms with Crippen molar-refractivity contribution in [3.8, 4) is 5.88 Å². The number of nitrogens with one attached hydrogen (secondary N) is 1. The molecule has 16 heavy (non-hydrogen) atoms. The molecular formula is C12H19N3O. The minimum absolute atomic E-state index is 0.220. The van der Waals surface area contributed by atoms with Crippen molar-refractivity contribution in [1.29, 1.82) is 0 Å². The van der Waals surface area contributed by atoms with Gasteiger partial charge in [0.1, 0.15) is 5.60 Å². The molecule has 1 heterocycles. The minimum Gasteiger partial charge on any atom is -0.471 e. The number of hydrogen-bond donors (Lipinski definition) is 1. The van der Waals surface area contributed by atoms with Crippen LogP contribution in [0, 0.1) is 0 Å². The van der Waals surface area contributed by atoms with Gasteiger partial charge in [0.2, 0.25) is 5.88 Å². The number of rotatable bonds is 4. The van der Waals surface area contributed by atoms with Gasteiger partial charge in [-0.1, -0.05) is 0 Å². The first kappa shape index (κ1) is 11.3. The van der Waals surface area contributed by atoms with E-state index >= 15 is 0 Å². The summed E-state index contributed by atoms with van der Waals surface area (Å²) in [5, 5.41) is 3.40. The smallest absolute Gasteiger partial charge is 0.232 e. The molecule has 0 saturated heterocycles. The molecule has 0 spiro atoms. The van der Waals surface area contributed by atoms with E-state index in [1.165, 1.54) is 12.8 Å². The average molecular weight is 221 g/mol. The normalized spacial score (nSPS) is 16.2. The highest BCUT2D eigenvalue weighted by Gasteiger charge is 2.20. The van der Waals surface area contributed by atoms with E-state index in [4.69, 9.17) is 4.74 Å². The van der Waals surface area contributed by atoms with Gasteiger partial charge in [0.05, 0.1) is 18.1 Å². The van der Waals surface area contributed by atoms with Gasteiger partial charge in [0, 0.05) is 12.6 Å². The fourth-order valence-corrected chi connectivity index (χ4v) is 1.34. The quantitative estimate of drug-likeness (QED) is 0.843. The van der Waals surface area contributed by atoms with Crippen LogP contribution in [0.1, 0.15) is 39.3 Å². The first-order valence-electron chi connectivity index (χ1n) is 5.76. The lowest BCUT2D eigenvalue weighted by atomic mass is 10.2. The molecule has 1 fully saturated rings. The Morgan fingerprint density at radius 1 is 1.31 bits per heavy atom. The van der Waals surface area contributed by atoms with Gasteiger partial charge in [0.25, 0.3) is 0 Å².